The molecule has 0 saturated carbocycles. The third-order valence-electron chi connectivity index (χ3n) is 4.21. The maximum atomic E-state index is 12.4. The van der Waals surface area contributed by atoms with Crippen LogP contribution in [0.1, 0.15) is 35.1 Å². The fourth-order valence-corrected chi connectivity index (χ4v) is 2.58. The molecule has 0 unspecified atom stereocenters. The first kappa shape index (κ1) is 16.7. The summed E-state index contributed by atoms with van der Waals surface area (Å²) >= 11 is 0. The van der Waals surface area contributed by atoms with Gasteiger partial charge in [-0.25, -0.2) is 4.98 Å². The van der Waals surface area contributed by atoms with Crippen molar-refractivity contribution in [3.05, 3.63) is 84.1 Å². The lowest BCUT2D eigenvalue weighted by atomic mass is 10.0. The molecule has 128 valence electrons. The average Bonchev–Trinajstić information content (AvgIpc) is 3.03. The number of hydrogen-bond donors (Lipinski definition) is 2. The van der Waals surface area contributed by atoms with Gasteiger partial charge >= 0.3 is 0 Å². The van der Waals surface area contributed by atoms with Crippen molar-refractivity contribution in [2.45, 2.75) is 27.2 Å². The van der Waals surface area contributed by atoms with Gasteiger partial charge in [-0.05, 0) is 42.7 Å². The number of nitrogens with zero attached hydrogens (tertiary/aromatic N) is 1. The summed E-state index contributed by atoms with van der Waals surface area (Å²) in [5.41, 5.74) is 2.86. The predicted molar refractivity (Wildman–Crippen MR) is 95.9 cm³/mol. The van der Waals surface area contributed by atoms with Gasteiger partial charge in [0.25, 0.3) is 11.1 Å². The molecule has 0 fully saturated rings. The minimum absolute atomic E-state index is 0.145. The van der Waals surface area contributed by atoms with E-state index in [0.717, 1.165) is 16.7 Å². The van der Waals surface area contributed by atoms with E-state index in [1.165, 1.54) is 12.5 Å². The number of nitrogens with one attached hydrogen (secondary N) is 2. The van der Waals surface area contributed by atoms with Crippen LogP contribution >= 0.6 is 0 Å². The molecule has 6 heteroatoms. The highest BCUT2D eigenvalue weighted by Crippen LogP contribution is 2.12. The summed E-state index contributed by atoms with van der Waals surface area (Å²) in [5.74, 6) is 0.659. The largest absolute Gasteiger partial charge is 0.448 e. The van der Waals surface area contributed by atoms with Crippen LogP contribution in [0.3, 0.4) is 0 Å². The molecule has 0 atom stereocenters. The van der Waals surface area contributed by atoms with Crippen molar-refractivity contribution in [2.24, 2.45) is 0 Å². The first-order valence-corrected chi connectivity index (χ1v) is 8.04. The molecule has 2 N–H and O–H groups in total. The Bertz CT molecular complexity index is 1150. The number of aromatic amines is 2. The zero-order valence-corrected chi connectivity index (χ0v) is 14.3. The van der Waals surface area contributed by atoms with E-state index in [9.17, 15) is 9.59 Å². The van der Waals surface area contributed by atoms with Gasteiger partial charge in [0.15, 0.2) is 6.39 Å². The van der Waals surface area contributed by atoms with Gasteiger partial charge < -0.3 is 14.4 Å². The Hall–Kier alpha value is -3.15. The highest BCUT2D eigenvalue weighted by atomic mass is 16.3. The van der Waals surface area contributed by atoms with Crippen molar-refractivity contribution in [1.82, 2.24) is 15.0 Å². The van der Waals surface area contributed by atoms with E-state index >= 15 is 0 Å². The van der Waals surface area contributed by atoms with Crippen molar-refractivity contribution in [2.75, 3.05) is 0 Å². The molecule has 25 heavy (non-hydrogen) atoms. The highest BCUT2D eigenvalue weighted by Gasteiger charge is 2.04. The van der Waals surface area contributed by atoms with E-state index in [1.54, 1.807) is 6.08 Å². The Morgan fingerprint density at radius 2 is 1.76 bits per heavy atom. The smallest absolute Gasteiger partial charge is 0.272 e. The van der Waals surface area contributed by atoms with Crippen LogP contribution in [-0.2, 0) is 6.42 Å². The summed E-state index contributed by atoms with van der Waals surface area (Å²) in [6, 6.07) is 5.82. The molecule has 3 aromatic rings. The molecule has 0 aliphatic heterocycles. The molecule has 0 aliphatic rings. The van der Waals surface area contributed by atoms with Crippen LogP contribution in [0.25, 0.3) is 12.2 Å². The van der Waals surface area contributed by atoms with Gasteiger partial charge in [0.1, 0.15) is 22.2 Å². The summed E-state index contributed by atoms with van der Waals surface area (Å²) in [6.45, 7) is 5.90. The van der Waals surface area contributed by atoms with Crippen LogP contribution in [0.15, 0.2) is 38.6 Å². The number of hydrogen-bond acceptors (Lipinski definition) is 4. The molecule has 2 heterocycles. The van der Waals surface area contributed by atoms with Crippen LogP contribution in [-0.4, -0.2) is 15.0 Å². The fraction of sp³-hybridized carbons (Fsp3) is 0.211. The highest BCUT2D eigenvalue weighted by molar-refractivity contribution is 5.54. The molecular formula is C19H19N3O3. The molecule has 3 rings (SSSR count). The Labute approximate surface area is 143 Å². The van der Waals surface area contributed by atoms with Crippen LogP contribution in [0.4, 0.5) is 0 Å². The summed E-state index contributed by atoms with van der Waals surface area (Å²) in [7, 11) is 0. The first-order valence-electron chi connectivity index (χ1n) is 8.04. The third-order valence-corrected chi connectivity index (χ3v) is 4.21. The zero-order valence-electron chi connectivity index (χ0n) is 14.3. The zero-order chi connectivity index (χ0) is 18.0. The van der Waals surface area contributed by atoms with Crippen LogP contribution in [0, 0.1) is 13.8 Å². The normalized spacial score (nSPS) is 12.8. The lowest BCUT2D eigenvalue weighted by molar-refractivity contribution is 0.509. The quantitative estimate of drug-likeness (QED) is 0.742. The molecule has 2 aromatic heterocycles. The second-order valence-electron chi connectivity index (χ2n) is 5.83. The van der Waals surface area contributed by atoms with Gasteiger partial charge in [0.05, 0.1) is 0 Å². The number of aryl methyl sites for hydroxylation is 2. The second kappa shape index (κ2) is 6.76. The molecule has 0 spiro atoms. The van der Waals surface area contributed by atoms with Crippen LogP contribution in [0.2, 0.25) is 0 Å². The van der Waals surface area contributed by atoms with Gasteiger partial charge in [0.2, 0.25) is 0 Å². The van der Waals surface area contributed by atoms with Crippen LogP contribution < -0.4 is 21.8 Å². The second-order valence-corrected chi connectivity index (χ2v) is 5.83. The molecule has 1 aromatic carbocycles. The summed E-state index contributed by atoms with van der Waals surface area (Å²) < 4.78 is 5.23. The van der Waals surface area contributed by atoms with Gasteiger partial charge in [0, 0.05) is 6.42 Å². The Morgan fingerprint density at radius 3 is 2.44 bits per heavy atom. The van der Waals surface area contributed by atoms with Crippen LogP contribution in [0.5, 0.6) is 0 Å². The summed E-state index contributed by atoms with van der Waals surface area (Å²) in [6.07, 6.45) is 5.16. The predicted octanol–water partition coefficient (Wildman–Crippen LogP) is 0.888. The van der Waals surface area contributed by atoms with E-state index in [1.807, 2.05) is 39.0 Å². The van der Waals surface area contributed by atoms with Crippen molar-refractivity contribution in [1.29, 1.82) is 0 Å². The number of oxazole rings is 1. The van der Waals surface area contributed by atoms with E-state index in [2.05, 4.69) is 15.0 Å². The maximum Gasteiger partial charge on any atom is 0.272 e. The van der Waals surface area contributed by atoms with Crippen molar-refractivity contribution in [3.63, 3.8) is 0 Å². The minimum atomic E-state index is -0.388. The molecule has 0 radical (unpaired) electrons. The van der Waals surface area contributed by atoms with E-state index in [-0.39, 0.29) is 21.8 Å². The van der Waals surface area contributed by atoms with E-state index in [4.69, 9.17) is 4.42 Å². The van der Waals surface area contributed by atoms with Gasteiger partial charge in [-0.15, -0.1) is 0 Å². The lowest BCUT2D eigenvalue weighted by Gasteiger charge is -2.03. The summed E-state index contributed by atoms with van der Waals surface area (Å²) in [4.78, 5) is 34.0. The van der Waals surface area contributed by atoms with Crippen molar-refractivity contribution < 1.29 is 4.42 Å². The topological polar surface area (TPSA) is 91.8 Å². The summed E-state index contributed by atoms with van der Waals surface area (Å²) in [5, 5.41) is 0.360. The van der Waals surface area contributed by atoms with Gasteiger partial charge in [-0.3, -0.25) is 9.59 Å². The maximum absolute atomic E-state index is 12.4. The van der Waals surface area contributed by atoms with E-state index in [0.29, 0.717) is 17.9 Å². The first-order chi connectivity index (χ1) is 12.0. The average molecular weight is 337 g/mol. The molecule has 6 nitrogen and oxygen atoms in total. The molecule has 0 aliphatic carbocycles. The molecule has 0 saturated heterocycles. The van der Waals surface area contributed by atoms with Crippen molar-refractivity contribution >= 4 is 12.2 Å². The van der Waals surface area contributed by atoms with Gasteiger partial charge in [-0.1, -0.05) is 25.1 Å². The molecule has 0 amide bonds. The monoisotopic (exact) mass is 337 g/mol. The molecule has 0 bridgehead atoms. The lowest BCUT2D eigenvalue weighted by Crippen LogP contribution is -2.46. The van der Waals surface area contributed by atoms with Gasteiger partial charge in [-0.2, -0.15) is 0 Å². The number of benzene rings is 1. The Kier molecular flexibility index (Phi) is 4.52. The van der Waals surface area contributed by atoms with Crippen molar-refractivity contribution in [3.8, 4) is 0 Å². The number of rotatable bonds is 3. The van der Waals surface area contributed by atoms with E-state index < -0.39 is 0 Å². The number of aromatic nitrogens is 3. The SMILES string of the molecule is CCc1ocnc1/C=c1\[nH]c(=O)/c(=C/c2cccc(C)c2C)[nH]c1=O. The minimum Gasteiger partial charge on any atom is -0.448 e. The molecular weight excluding hydrogens is 318 g/mol. The Morgan fingerprint density at radius 1 is 1.08 bits per heavy atom. The fourth-order valence-electron chi connectivity index (χ4n) is 2.58. The standard InChI is InChI=1S/C19H19N3O3/c1-4-17-14(20-10-25-17)9-16-19(24)21-15(18(23)22-16)8-13-7-5-6-11(2)12(13)3/h5-10H,4H2,1-3H3,(H,21,24)(H,22,23)/b15-8-,16-9-. The Balaban J connectivity index is 2.16. The number of H-pyrrole nitrogens is 2. The third kappa shape index (κ3) is 3.38.